The summed E-state index contributed by atoms with van der Waals surface area (Å²) in [4.78, 5) is 12.9. The number of carbonyl (C=O) groups is 1. The Morgan fingerprint density at radius 3 is 2.37 bits per heavy atom. The van der Waals surface area contributed by atoms with Crippen LogP contribution in [0, 0.1) is 29.0 Å². The van der Waals surface area contributed by atoms with Gasteiger partial charge in [-0.15, -0.1) is 0 Å². The molecule has 41 heavy (non-hydrogen) atoms. The maximum Gasteiger partial charge on any atom is 0.221 e. The summed E-state index contributed by atoms with van der Waals surface area (Å²) in [5.74, 6) is 0.764. The van der Waals surface area contributed by atoms with Gasteiger partial charge in [0.25, 0.3) is 0 Å². The van der Waals surface area contributed by atoms with E-state index in [1.807, 2.05) is 24.3 Å². The fourth-order valence-corrected chi connectivity index (χ4v) is 9.57. The van der Waals surface area contributed by atoms with E-state index in [0.717, 1.165) is 54.4 Å². The SMILES string of the molecule is COc1ccc(CO[C@H]2CCN(S(=O)(=O)CC(=O)c3cc(Cl)c(OCC45CC6CC(CC(C6)C4)C5)cc3F)C2)cc1. The van der Waals surface area contributed by atoms with E-state index >= 15 is 4.39 Å². The highest BCUT2D eigenvalue weighted by Crippen LogP contribution is 2.60. The molecule has 222 valence electrons. The largest absolute Gasteiger partial charge is 0.497 e. The number of nitrogens with zero attached hydrogens (tertiary/aromatic N) is 1. The van der Waals surface area contributed by atoms with Crippen molar-refractivity contribution in [2.45, 2.75) is 57.7 Å². The van der Waals surface area contributed by atoms with Gasteiger partial charge in [-0.2, -0.15) is 4.31 Å². The molecule has 1 atom stereocenters. The molecule has 4 saturated carbocycles. The standard InChI is InChI=1S/C31H37ClFNO6S/c1-38-24-4-2-20(3-5-24)17-39-25-6-7-34(16-25)41(36,37)18-29(35)26-11-27(32)30(12-28(26)33)40-19-31-13-21-8-22(14-31)10-23(9-21)15-31/h2-5,11-12,21-23,25H,6-10,13-19H2,1H3/t21?,22?,23?,25-,31?/m0/s1. The first-order valence-electron chi connectivity index (χ1n) is 14.5. The molecule has 0 radical (unpaired) electrons. The lowest BCUT2D eigenvalue weighted by Crippen LogP contribution is -2.48. The molecule has 10 heteroatoms. The van der Waals surface area contributed by atoms with Crippen molar-refractivity contribution >= 4 is 27.4 Å². The zero-order valence-electron chi connectivity index (χ0n) is 23.3. The Labute approximate surface area is 246 Å². The summed E-state index contributed by atoms with van der Waals surface area (Å²) in [6.07, 6.45) is 7.64. The van der Waals surface area contributed by atoms with Gasteiger partial charge in [0.15, 0.2) is 5.78 Å². The number of methoxy groups -OCH3 is 1. The average molecular weight is 606 g/mol. The summed E-state index contributed by atoms with van der Waals surface area (Å²) >= 11 is 6.42. The molecular weight excluding hydrogens is 569 g/mol. The molecule has 0 aromatic heterocycles. The first-order valence-corrected chi connectivity index (χ1v) is 16.5. The molecule has 0 unspecified atom stereocenters. The predicted molar refractivity (Wildman–Crippen MR) is 153 cm³/mol. The van der Waals surface area contributed by atoms with Crippen LogP contribution < -0.4 is 9.47 Å². The minimum absolute atomic E-state index is 0.116. The first kappa shape index (κ1) is 28.9. The number of benzene rings is 2. The summed E-state index contributed by atoms with van der Waals surface area (Å²) in [7, 11) is -2.36. The Kier molecular flexibility index (Phi) is 8.09. The highest BCUT2D eigenvalue weighted by atomic mass is 35.5. The summed E-state index contributed by atoms with van der Waals surface area (Å²) in [6.45, 7) is 1.21. The molecule has 4 bridgehead atoms. The van der Waals surface area contributed by atoms with E-state index in [4.69, 9.17) is 25.8 Å². The van der Waals surface area contributed by atoms with Gasteiger partial charge in [0.2, 0.25) is 10.0 Å². The van der Waals surface area contributed by atoms with Gasteiger partial charge in [-0.25, -0.2) is 12.8 Å². The zero-order valence-corrected chi connectivity index (χ0v) is 24.9. The molecule has 7 rings (SSSR count). The van der Waals surface area contributed by atoms with Crippen molar-refractivity contribution in [2.75, 3.05) is 32.6 Å². The monoisotopic (exact) mass is 605 g/mol. The van der Waals surface area contributed by atoms with E-state index in [1.165, 1.54) is 29.6 Å². The van der Waals surface area contributed by atoms with E-state index in [1.54, 1.807) is 7.11 Å². The van der Waals surface area contributed by atoms with Crippen molar-refractivity contribution in [2.24, 2.45) is 23.2 Å². The lowest BCUT2D eigenvalue weighted by atomic mass is 9.50. The van der Waals surface area contributed by atoms with Crippen molar-refractivity contribution in [1.29, 1.82) is 0 Å². The van der Waals surface area contributed by atoms with Gasteiger partial charge in [-0.1, -0.05) is 23.7 Å². The Morgan fingerprint density at radius 1 is 1.07 bits per heavy atom. The van der Waals surface area contributed by atoms with E-state index in [-0.39, 0.29) is 40.9 Å². The summed E-state index contributed by atoms with van der Waals surface area (Å²) in [6, 6.07) is 9.78. The number of hydrogen-bond donors (Lipinski definition) is 0. The molecule has 2 aromatic rings. The first-order chi connectivity index (χ1) is 19.6. The minimum atomic E-state index is -3.96. The van der Waals surface area contributed by atoms with Gasteiger partial charge >= 0.3 is 0 Å². The lowest BCUT2D eigenvalue weighted by molar-refractivity contribution is -0.0745. The molecule has 2 aromatic carbocycles. The molecule has 0 spiro atoms. The third-order valence-corrected chi connectivity index (χ3v) is 11.5. The van der Waals surface area contributed by atoms with Crippen molar-refractivity contribution in [3.63, 3.8) is 0 Å². The van der Waals surface area contributed by atoms with Crippen molar-refractivity contribution < 1.29 is 31.8 Å². The van der Waals surface area contributed by atoms with Crippen molar-refractivity contribution in [3.05, 3.63) is 58.4 Å². The third kappa shape index (κ3) is 6.28. The molecule has 0 N–H and O–H groups in total. The second-order valence-electron chi connectivity index (χ2n) is 12.6. The van der Waals surface area contributed by atoms with Crippen LogP contribution >= 0.6 is 11.6 Å². The number of ether oxygens (including phenoxy) is 3. The molecule has 5 aliphatic rings. The number of hydrogen-bond acceptors (Lipinski definition) is 6. The number of rotatable bonds is 11. The molecule has 7 nitrogen and oxygen atoms in total. The molecule has 4 aliphatic carbocycles. The fraction of sp³-hybridized carbons (Fsp3) is 0.581. The topological polar surface area (TPSA) is 82.1 Å². The van der Waals surface area contributed by atoms with Crippen molar-refractivity contribution in [3.8, 4) is 11.5 Å². The van der Waals surface area contributed by atoms with Crippen LogP contribution in [-0.2, 0) is 21.4 Å². The van der Waals surface area contributed by atoms with Gasteiger partial charge in [0.1, 0.15) is 23.1 Å². The predicted octanol–water partition coefficient (Wildman–Crippen LogP) is 5.89. The Morgan fingerprint density at radius 2 is 1.73 bits per heavy atom. The summed E-state index contributed by atoms with van der Waals surface area (Å²) in [5.41, 5.74) is 0.732. The average Bonchev–Trinajstić information content (AvgIpc) is 3.42. The van der Waals surface area contributed by atoms with Crippen LogP contribution in [0.1, 0.15) is 60.9 Å². The number of ketones is 1. The smallest absolute Gasteiger partial charge is 0.221 e. The maximum atomic E-state index is 15.1. The van der Waals surface area contributed by atoms with Crippen LogP contribution in [0.4, 0.5) is 4.39 Å². The van der Waals surface area contributed by atoms with Crippen LogP contribution in [0.3, 0.4) is 0 Å². The normalized spacial score (nSPS) is 29.1. The van der Waals surface area contributed by atoms with Gasteiger partial charge in [-0.05, 0) is 86.5 Å². The van der Waals surface area contributed by atoms with Crippen LogP contribution in [0.2, 0.25) is 5.02 Å². The molecule has 1 saturated heterocycles. The quantitative estimate of drug-likeness (QED) is 0.297. The van der Waals surface area contributed by atoms with Gasteiger partial charge in [0, 0.05) is 24.6 Å². The number of sulfonamides is 1. The van der Waals surface area contributed by atoms with Crippen LogP contribution in [0.5, 0.6) is 11.5 Å². The second-order valence-corrected chi connectivity index (χ2v) is 15.0. The van der Waals surface area contributed by atoms with Gasteiger partial charge < -0.3 is 14.2 Å². The zero-order chi connectivity index (χ0) is 28.8. The summed E-state index contributed by atoms with van der Waals surface area (Å²) < 4.78 is 59.5. The van der Waals surface area contributed by atoms with Crippen LogP contribution in [0.25, 0.3) is 0 Å². The summed E-state index contributed by atoms with van der Waals surface area (Å²) in [5, 5.41) is 0.116. The Balaban J connectivity index is 1.04. The van der Waals surface area contributed by atoms with Crippen LogP contribution in [-0.4, -0.2) is 57.2 Å². The highest BCUT2D eigenvalue weighted by molar-refractivity contribution is 7.89. The van der Waals surface area contributed by atoms with E-state index in [0.29, 0.717) is 19.6 Å². The Bertz CT molecular complexity index is 1360. The molecule has 0 amide bonds. The number of Topliss-reactive ketones (excluding diaryl/α,β-unsaturated/α-hetero) is 1. The lowest BCUT2D eigenvalue weighted by Gasteiger charge is -2.56. The van der Waals surface area contributed by atoms with E-state index < -0.39 is 27.4 Å². The fourth-order valence-electron chi connectivity index (χ4n) is 7.91. The molecular formula is C31H37ClFNO6S. The van der Waals surface area contributed by atoms with Gasteiger partial charge in [0.05, 0.1) is 37.0 Å². The number of carbonyl (C=O) groups excluding carboxylic acids is 1. The number of halogens is 2. The molecule has 5 fully saturated rings. The molecule has 1 aliphatic heterocycles. The van der Waals surface area contributed by atoms with E-state index in [2.05, 4.69) is 0 Å². The Hall–Kier alpha value is -2.20. The van der Waals surface area contributed by atoms with E-state index in [9.17, 15) is 13.2 Å². The highest BCUT2D eigenvalue weighted by Gasteiger charge is 2.51. The minimum Gasteiger partial charge on any atom is -0.497 e. The maximum absolute atomic E-state index is 15.1. The third-order valence-electron chi connectivity index (χ3n) is 9.48. The molecule has 1 heterocycles. The second kappa shape index (κ2) is 11.5. The van der Waals surface area contributed by atoms with Crippen LogP contribution in [0.15, 0.2) is 36.4 Å². The van der Waals surface area contributed by atoms with Gasteiger partial charge in [-0.3, -0.25) is 4.79 Å². The van der Waals surface area contributed by atoms with Crippen molar-refractivity contribution in [1.82, 2.24) is 4.31 Å².